The van der Waals surface area contributed by atoms with Gasteiger partial charge in [-0.15, -0.1) is 0 Å². The summed E-state index contributed by atoms with van der Waals surface area (Å²) < 4.78 is 0. The maximum absolute atomic E-state index is 9.81. The van der Waals surface area contributed by atoms with Gasteiger partial charge in [0.05, 0.1) is 0 Å². The summed E-state index contributed by atoms with van der Waals surface area (Å²) in [5.74, 6) is 0.255. The number of hydrogen-bond donors (Lipinski definition) is 2. The summed E-state index contributed by atoms with van der Waals surface area (Å²) in [6, 6.07) is 0. The zero-order chi connectivity index (χ0) is 16.9. The second-order valence-corrected chi connectivity index (χ2v) is 5.22. The van der Waals surface area contributed by atoms with Gasteiger partial charge in [-0.1, -0.05) is 27.7 Å². The van der Waals surface area contributed by atoms with Crippen molar-refractivity contribution < 1.29 is 15.1 Å². The molecule has 1 aliphatic rings. The predicted molar refractivity (Wildman–Crippen MR) is 99.3 cm³/mol. The molecule has 1 saturated heterocycles. The SMILES string of the molecule is CCC(C)=NN=C(C)CC.CCC(C)=O.CCC1(C)NO1.N.O. The fourth-order valence-electron chi connectivity index (χ4n) is 0.544. The molecule has 1 aliphatic heterocycles. The summed E-state index contributed by atoms with van der Waals surface area (Å²) in [7, 11) is 0. The quantitative estimate of drug-likeness (QED) is 0.449. The van der Waals surface area contributed by atoms with Crippen molar-refractivity contribution in [1.29, 1.82) is 0 Å². The van der Waals surface area contributed by atoms with Crippen LogP contribution in [0.5, 0.6) is 0 Å². The van der Waals surface area contributed by atoms with Gasteiger partial charge in [0.25, 0.3) is 0 Å². The minimum atomic E-state index is 0. The van der Waals surface area contributed by atoms with Gasteiger partial charge in [0.15, 0.2) is 5.72 Å². The molecule has 0 aromatic heterocycles. The van der Waals surface area contributed by atoms with E-state index in [9.17, 15) is 4.79 Å². The van der Waals surface area contributed by atoms with E-state index in [0.717, 1.165) is 30.7 Å². The second kappa shape index (κ2) is 17.2. The van der Waals surface area contributed by atoms with Gasteiger partial charge in [0.2, 0.25) is 0 Å². The molecule has 1 atom stereocenters. The Bertz CT molecular complexity index is 333. The fourth-order valence-corrected chi connectivity index (χ4v) is 0.544. The second-order valence-electron chi connectivity index (χ2n) is 5.22. The Labute approximate surface area is 141 Å². The van der Waals surface area contributed by atoms with E-state index < -0.39 is 0 Å². The van der Waals surface area contributed by atoms with Crippen molar-refractivity contribution >= 4 is 17.2 Å². The van der Waals surface area contributed by atoms with Gasteiger partial charge in [0, 0.05) is 17.8 Å². The maximum Gasteiger partial charge on any atom is 0.158 e. The minimum Gasteiger partial charge on any atom is -0.412 e. The van der Waals surface area contributed by atoms with E-state index in [4.69, 9.17) is 4.84 Å². The molecule has 1 rings (SSSR count). The van der Waals surface area contributed by atoms with E-state index in [1.54, 1.807) is 6.92 Å². The van der Waals surface area contributed by atoms with Gasteiger partial charge in [-0.25, -0.2) is 0 Å². The summed E-state index contributed by atoms with van der Waals surface area (Å²) >= 11 is 0. The van der Waals surface area contributed by atoms with E-state index in [0.29, 0.717) is 6.42 Å². The Morgan fingerprint density at radius 3 is 1.35 bits per heavy atom. The third-order valence-corrected chi connectivity index (χ3v) is 3.04. The smallest absolute Gasteiger partial charge is 0.158 e. The highest BCUT2D eigenvalue weighted by atomic mass is 16.8. The summed E-state index contributed by atoms with van der Waals surface area (Å²) in [6.45, 7) is 15.7. The number of hydroxylamine groups is 1. The van der Waals surface area contributed by atoms with Crippen LogP contribution in [0.25, 0.3) is 0 Å². The first-order chi connectivity index (χ1) is 9.74. The highest BCUT2D eigenvalue weighted by Crippen LogP contribution is 2.20. The van der Waals surface area contributed by atoms with Gasteiger partial charge in [-0.2, -0.15) is 15.7 Å². The summed E-state index contributed by atoms with van der Waals surface area (Å²) in [5, 5.41) is 8.04. The minimum absolute atomic E-state index is 0. The highest BCUT2D eigenvalue weighted by Gasteiger charge is 2.36. The van der Waals surface area contributed by atoms with E-state index in [2.05, 4.69) is 36.5 Å². The van der Waals surface area contributed by atoms with E-state index in [-0.39, 0.29) is 23.1 Å². The average Bonchev–Trinajstić information content (AvgIpc) is 3.24. The Balaban J connectivity index is -0.000000120. The standard InChI is InChI=1S/C8H16N2.C4H9NO.C4H8O.H3N.H2O/c1-5-7(3)9-10-8(4)6-2;1-3-4(2)5-6-4;1-3-4(2)5;;/h5-6H2,1-4H3;5H,3H2,1-2H3;3H2,1-2H3;1H3;1H2. The molecule has 23 heavy (non-hydrogen) atoms. The van der Waals surface area contributed by atoms with Gasteiger partial charge < -0.3 is 16.4 Å². The van der Waals surface area contributed by atoms with Crippen molar-refractivity contribution in [3.05, 3.63) is 0 Å². The van der Waals surface area contributed by atoms with Crippen LogP contribution in [0.15, 0.2) is 10.2 Å². The van der Waals surface area contributed by atoms with Crippen LogP contribution >= 0.6 is 0 Å². The van der Waals surface area contributed by atoms with Gasteiger partial charge in [0.1, 0.15) is 5.78 Å². The number of carbonyl (C=O) groups excluding carboxylic acids is 1. The van der Waals surface area contributed by atoms with E-state index >= 15 is 0 Å². The zero-order valence-electron chi connectivity index (χ0n) is 16.2. The Hall–Kier alpha value is -1.15. The molecule has 7 nitrogen and oxygen atoms in total. The molecule has 0 radical (unpaired) electrons. The fraction of sp³-hybridized carbons (Fsp3) is 0.812. The van der Waals surface area contributed by atoms with Gasteiger partial charge in [-0.3, -0.25) is 4.84 Å². The number of rotatable bonds is 5. The maximum atomic E-state index is 9.81. The molecular formula is C16H38N4O3. The first-order valence-corrected chi connectivity index (χ1v) is 7.75. The molecule has 0 saturated carbocycles. The molecule has 1 fully saturated rings. The third kappa shape index (κ3) is 23.3. The molecule has 0 aliphatic carbocycles. The monoisotopic (exact) mass is 334 g/mol. The lowest BCUT2D eigenvalue weighted by molar-refractivity contribution is -0.116. The largest absolute Gasteiger partial charge is 0.412 e. The topological polar surface area (TPSA) is 143 Å². The van der Waals surface area contributed by atoms with Crippen LogP contribution in [0.4, 0.5) is 0 Å². The first kappa shape index (κ1) is 29.8. The zero-order valence-corrected chi connectivity index (χ0v) is 16.2. The lowest BCUT2D eigenvalue weighted by atomic mass is 10.2. The molecular weight excluding hydrogens is 296 g/mol. The molecule has 0 bridgehead atoms. The molecule has 0 aromatic rings. The van der Waals surface area contributed by atoms with Crippen molar-refractivity contribution in [3.63, 3.8) is 0 Å². The van der Waals surface area contributed by atoms with Crippen molar-refractivity contribution in [2.24, 2.45) is 10.2 Å². The lowest BCUT2D eigenvalue weighted by Gasteiger charge is -1.91. The van der Waals surface area contributed by atoms with Crippen LogP contribution in [-0.4, -0.2) is 28.4 Å². The van der Waals surface area contributed by atoms with Crippen LogP contribution in [0.3, 0.4) is 0 Å². The number of Topliss-reactive ketones (excluding diaryl/α,β-unsaturated/α-hetero) is 1. The van der Waals surface area contributed by atoms with Crippen LogP contribution in [0.2, 0.25) is 0 Å². The molecule has 7 heteroatoms. The normalized spacial score (nSPS) is 19.0. The average molecular weight is 335 g/mol. The number of ketones is 1. The van der Waals surface area contributed by atoms with Gasteiger partial charge in [-0.05, 0) is 47.0 Å². The van der Waals surface area contributed by atoms with Crippen LogP contribution < -0.4 is 11.6 Å². The molecule has 6 N–H and O–H groups in total. The van der Waals surface area contributed by atoms with Crippen LogP contribution in [0, 0.1) is 0 Å². The van der Waals surface area contributed by atoms with Gasteiger partial charge >= 0.3 is 0 Å². The number of carbonyl (C=O) groups is 1. The third-order valence-electron chi connectivity index (χ3n) is 3.04. The molecule has 0 aromatic carbocycles. The predicted octanol–water partition coefficient (Wildman–Crippen LogP) is 3.61. The molecule has 1 unspecified atom stereocenters. The number of nitrogens with one attached hydrogen (secondary N) is 1. The van der Waals surface area contributed by atoms with Crippen molar-refractivity contribution in [2.45, 2.75) is 86.8 Å². The molecule has 0 spiro atoms. The van der Waals surface area contributed by atoms with Crippen molar-refractivity contribution in [3.8, 4) is 0 Å². The first-order valence-electron chi connectivity index (χ1n) is 7.75. The Kier molecular flexibility index (Phi) is 22.3. The molecule has 1 heterocycles. The lowest BCUT2D eigenvalue weighted by Crippen LogP contribution is -2.04. The summed E-state index contributed by atoms with van der Waals surface area (Å²) in [5.41, 5.74) is 4.98. The number of nitrogens with zero attached hydrogens (tertiary/aromatic N) is 2. The van der Waals surface area contributed by atoms with Crippen LogP contribution in [-0.2, 0) is 9.63 Å². The molecule has 0 amide bonds. The Morgan fingerprint density at radius 2 is 1.26 bits per heavy atom. The molecule has 140 valence electrons. The highest BCUT2D eigenvalue weighted by molar-refractivity contribution is 5.85. The Morgan fingerprint density at radius 1 is 0.957 bits per heavy atom. The summed E-state index contributed by atoms with van der Waals surface area (Å²) in [6.07, 6.45) is 3.69. The van der Waals surface area contributed by atoms with E-state index in [1.807, 2.05) is 27.7 Å². The summed E-state index contributed by atoms with van der Waals surface area (Å²) in [4.78, 5) is 14.6. The number of hydrogen-bond acceptors (Lipinski definition) is 6. The van der Waals surface area contributed by atoms with Crippen molar-refractivity contribution in [2.75, 3.05) is 0 Å². The van der Waals surface area contributed by atoms with E-state index in [1.165, 1.54) is 0 Å². The van der Waals surface area contributed by atoms with Crippen LogP contribution in [0.1, 0.15) is 81.1 Å². The van der Waals surface area contributed by atoms with Crippen molar-refractivity contribution in [1.82, 2.24) is 11.6 Å².